The molecule has 0 bridgehead atoms. The van der Waals surface area contributed by atoms with E-state index in [-0.39, 0.29) is 17.4 Å². The monoisotopic (exact) mass is 307 g/mol. The Hall–Kier alpha value is -2.09. The van der Waals surface area contributed by atoms with Crippen molar-refractivity contribution < 1.29 is 4.79 Å². The minimum absolute atomic E-state index is 0.142. The zero-order chi connectivity index (χ0) is 16.4. The Morgan fingerprint density at radius 3 is 2.39 bits per heavy atom. The van der Waals surface area contributed by atoms with Gasteiger partial charge < -0.3 is 4.90 Å². The standard InChI is InChI=1S/C21H25NO/c1-16-9-11-18(12-10-16)15-21(3)13-14-22(20(21)23)17(2)19-7-5-4-6-8-19/h4-12,17H,13-15H2,1-3H3. The summed E-state index contributed by atoms with van der Waals surface area (Å²) in [5.74, 6) is 0.287. The van der Waals surface area contributed by atoms with E-state index >= 15 is 0 Å². The van der Waals surface area contributed by atoms with Crippen LogP contribution in [0, 0.1) is 12.3 Å². The lowest BCUT2D eigenvalue weighted by atomic mass is 9.82. The van der Waals surface area contributed by atoms with Crippen LogP contribution >= 0.6 is 0 Å². The second kappa shape index (κ2) is 6.19. The third-order valence-corrected chi connectivity index (χ3v) is 5.15. The average molecular weight is 307 g/mol. The van der Waals surface area contributed by atoms with Gasteiger partial charge in [-0.2, -0.15) is 0 Å². The number of rotatable bonds is 4. The van der Waals surface area contributed by atoms with Gasteiger partial charge in [-0.05, 0) is 37.8 Å². The molecule has 23 heavy (non-hydrogen) atoms. The predicted octanol–water partition coefficient (Wildman–Crippen LogP) is 4.54. The Kier molecular flexibility index (Phi) is 4.25. The zero-order valence-corrected chi connectivity index (χ0v) is 14.3. The van der Waals surface area contributed by atoms with Gasteiger partial charge in [0.25, 0.3) is 0 Å². The molecule has 1 aliphatic heterocycles. The van der Waals surface area contributed by atoms with Crippen molar-refractivity contribution in [2.45, 2.75) is 39.7 Å². The van der Waals surface area contributed by atoms with E-state index in [0.29, 0.717) is 0 Å². The van der Waals surface area contributed by atoms with Crippen LogP contribution in [0.15, 0.2) is 54.6 Å². The van der Waals surface area contributed by atoms with Gasteiger partial charge in [-0.3, -0.25) is 4.79 Å². The van der Waals surface area contributed by atoms with Crippen molar-refractivity contribution >= 4 is 5.91 Å². The van der Waals surface area contributed by atoms with Gasteiger partial charge in [0.15, 0.2) is 0 Å². The Morgan fingerprint density at radius 2 is 1.74 bits per heavy atom. The lowest BCUT2D eigenvalue weighted by Gasteiger charge is -2.28. The van der Waals surface area contributed by atoms with Crippen LogP contribution in [0.5, 0.6) is 0 Å². The summed E-state index contributed by atoms with van der Waals surface area (Å²) in [5, 5.41) is 0. The number of aryl methyl sites for hydroxylation is 1. The highest BCUT2D eigenvalue weighted by Gasteiger charge is 2.44. The third kappa shape index (κ3) is 3.17. The molecule has 2 aromatic rings. The van der Waals surface area contributed by atoms with E-state index in [4.69, 9.17) is 0 Å². The minimum atomic E-state index is -0.279. The summed E-state index contributed by atoms with van der Waals surface area (Å²) in [5.41, 5.74) is 3.44. The Bertz CT molecular complexity index is 677. The zero-order valence-electron chi connectivity index (χ0n) is 14.3. The summed E-state index contributed by atoms with van der Waals surface area (Å²) in [6.45, 7) is 7.19. The molecule has 2 aromatic carbocycles. The van der Waals surface area contributed by atoms with Gasteiger partial charge in [0.1, 0.15) is 0 Å². The SMILES string of the molecule is Cc1ccc(CC2(C)CCN(C(C)c3ccccc3)C2=O)cc1. The van der Waals surface area contributed by atoms with E-state index < -0.39 is 0 Å². The van der Waals surface area contributed by atoms with Crippen LogP contribution in [0.3, 0.4) is 0 Å². The highest BCUT2D eigenvalue weighted by molar-refractivity contribution is 5.85. The fraction of sp³-hybridized carbons (Fsp3) is 0.381. The molecule has 120 valence electrons. The van der Waals surface area contributed by atoms with E-state index in [9.17, 15) is 4.79 Å². The molecule has 1 aliphatic rings. The van der Waals surface area contributed by atoms with E-state index in [1.807, 2.05) is 23.1 Å². The molecule has 0 N–H and O–H groups in total. The topological polar surface area (TPSA) is 20.3 Å². The van der Waals surface area contributed by atoms with E-state index in [1.54, 1.807) is 0 Å². The van der Waals surface area contributed by atoms with E-state index in [2.05, 4.69) is 57.2 Å². The molecular weight excluding hydrogens is 282 g/mol. The second-order valence-corrected chi connectivity index (χ2v) is 7.06. The molecule has 1 amide bonds. The maximum absolute atomic E-state index is 13.0. The number of carbonyl (C=O) groups is 1. The predicted molar refractivity (Wildman–Crippen MR) is 94.2 cm³/mol. The number of amides is 1. The van der Waals surface area contributed by atoms with Crippen molar-refractivity contribution in [3.8, 4) is 0 Å². The molecule has 2 unspecified atom stereocenters. The fourth-order valence-corrected chi connectivity index (χ4v) is 3.52. The molecule has 0 aliphatic carbocycles. The van der Waals surface area contributed by atoms with Crippen molar-refractivity contribution in [1.29, 1.82) is 0 Å². The lowest BCUT2D eigenvalue weighted by Crippen LogP contribution is -2.35. The van der Waals surface area contributed by atoms with Crippen molar-refractivity contribution in [3.05, 3.63) is 71.3 Å². The molecule has 1 fully saturated rings. The summed E-state index contributed by atoms with van der Waals surface area (Å²) < 4.78 is 0. The highest BCUT2D eigenvalue weighted by Crippen LogP contribution is 2.39. The number of carbonyl (C=O) groups excluding carboxylic acids is 1. The quantitative estimate of drug-likeness (QED) is 0.812. The number of nitrogens with zero attached hydrogens (tertiary/aromatic N) is 1. The van der Waals surface area contributed by atoms with Crippen LogP contribution in [-0.2, 0) is 11.2 Å². The van der Waals surface area contributed by atoms with Gasteiger partial charge in [0.2, 0.25) is 5.91 Å². The van der Waals surface area contributed by atoms with Crippen molar-refractivity contribution in [3.63, 3.8) is 0 Å². The third-order valence-electron chi connectivity index (χ3n) is 5.15. The van der Waals surface area contributed by atoms with Crippen LogP contribution in [-0.4, -0.2) is 17.4 Å². The first-order valence-corrected chi connectivity index (χ1v) is 8.41. The highest BCUT2D eigenvalue weighted by atomic mass is 16.2. The van der Waals surface area contributed by atoms with Crippen molar-refractivity contribution in [2.24, 2.45) is 5.41 Å². The maximum Gasteiger partial charge on any atom is 0.229 e. The first-order valence-electron chi connectivity index (χ1n) is 8.41. The molecule has 1 saturated heterocycles. The van der Waals surface area contributed by atoms with Crippen LogP contribution < -0.4 is 0 Å². The first kappa shape index (κ1) is 15.8. The first-order chi connectivity index (χ1) is 11.0. The minimum Gasteiger partial charge on any atom is -0.335 e. The second-order valence-electron chi connectivity index (χ2n) is 7.06. The Labute approximate surface area is 139 Å². The van der Waals surface area contributed by atoms with Gasteiger partial charge in [-0.1, -0.05) is 67.1 Å². The summed E-state index contributed by atoms with van der Waals surface area (Å²) in [4.78, 5) is 15.1. The van der Waals surface area contributed by atoms with E-state index in [0.717, 1.165) is 19.4 Å². The molecule has 2 nitrogen and oxygen atoms in total. The van der Waals surface area contributed by atoms with Gasteiger partial charge in [-0.25, -0.2) is 0 Å². The molecule has 0 radical (unpaired) electrons. The summed E-state index contributed by atoms with van der Waals surface area (Å²) in [7, 11) is 0. The van der Waals surface area contributed by atoms with Crippen LogP contribution in [0.4, 0.5) is 0 Å². The summed E-state index contributed by atoms with van der Waals surface area (Å²) in [6.07, 6.45) is 1.75. The lowest BCUT2D eigenvalue weighted by molar-refractivity contribution is -0.137. The number of benzene rings is 2. The molecule has 0 aromatic heterocycles. The van der Waals surface area contributed by atoms with Gasteiger partial charge in [-0.15, -0.1) is 0 Å². The van der Waals surface area contributed by atoms with Crippen LogP contribution in [0.2, 0.25) is 0 Å². The number of likely N-dealkylation sites (tertiary alicyclic amines) is 1. The average Bonchev–Trinajstić information content (AvgIpc) is 2.85. The molecular formula is C21H25NO. The summed E-state index contributed by atoms with van der Waals surface area (Å²) >= 11 is 0. The smallest absolute Gasteiger partial charge is 0.229 e. The normalized spacial score (nSPS) is 22.4. The number of hydrogen-bond acceptors (Lipinski definition) is 1. The molecule has 0 saturated carbocycles. The van der Waals surface area contributed by atoms with Gasteiger partial charge >= 0.3 is 0 Å². The van der Waals surface area contributed by atoms with Crippen LogP contribution in [0.1, 0.15) is 43.0 Å². The van der Waals surface area contributed by atoms with Gasteiger partial charge in [0.05, 0.1) is 11.5 Å². The fourth-order valence-electron chi connectivity index (χ4n) is 3.52. The van der Waals surface area contributed by atoms with Crippen molar-refractivity contribution in [1.82, 2.24) is 4.90 Å². The Balaban J connectivity index is 1.76. The molecule has 3 rings (SSSR count). The molecule has 0 spiro atoms. The van der Waals surface area contributed by atoms with Crippen molar-refractivity contribution in [2.75, 3.05) is 6.54 Å². The van der Waals surface area contributed by atoms with Gasteiger partial charge in [0, 0.05) is 6.54 Å². The maximum atomic E-state index is 13.0. The van der Waals surface area contributed by atoms with E-state index in [1.165, 1.54) is 16.7 Å². The largest absolute Gasteiger partial charge is 0.335 e. The Morgan fingerprint density at radius 1 is 1.09 bits per heavy atom. The molecule has 2 atom stereocenters. The van der Waals surface area contributed by atoms with Crippen LogP contribution in [0.25, 0.3) is 0 Å². The number of hydrogen-bond donors (Lipinski definition) is 0. The summed E-state index contributed by atoms with van der Waals surface area (Å²) in [6, 6.07) is 19.0. The molecule has 2 heteroatoms. The molecule has 1 heterocycles.